The van der Waals surface area contributed by atoms with E-state index in [0.717, 1.165) is 22.4 Å². The quantitative estimate of drug-likeness (QED) is 0.558. The highest BCUT2D eigenvalue weighted by atomic mass is 35.5. The van der Waals surface area contributed by atoms with Crippen LogP contribution >= 0.6 is 22.9 Å². The molecule has 0 amide bonds. The Morgan fingerprint density at radius 2 is 2.00 bits per heavy atom. The summed E-state index contributed by atoms with van der Waals surface area (Å²) < 4.78 is 12.8. The van der Waals surface area contributed by atoms with Crippen molar-refractivity contribution in [2.75, 3.05) is 5.73 Å². The molecule has 2 N–H and O–H groups in total. The fourth-order valence-corrected chi connectivity index (χ4v) is 3.27. The predicted molar refractivity (Wildman–Crippen MR) is 86.2 cm³/mol. The third-order valence-electron chi connectivity index (χ3n) is 3.11. The van der Waals surface area contributed by atoms with Crippen LogP contribution in [0.4, 0.5) is 10.1 Å². The molecule has 2 aromatic heterocycles. The second kappa shape index (κ2) is 5.84. The van der Waals surface area contributed by atoms with Gasteiger partial charge in [0, 0.05) is 38.6 Å². The van der Waals surface area contributed by atoms with Crippen LogP contribution in [0.3, 0.4) is 0 Å². The van der Waals surface area contributed by atoms with Crippen LogP contribution in [0.25, 0.3) is 10.4 Å². The number of nitrogen functional groups attached to an aromatic ring is 1. The molecule has 0 atom stereocenters. The van der Waals surface area contributed by atoms with Gasteiger partial charge in [-0.1, -0.05) is 11.6 Å². The molecule has 0 fully saturated rings. The first-order valence-electron chi connectivity index (χ1n) is 6.36. The summed E-state index contributed by atoms with van der Waals surface area (Å²) in [6.07, 6.45) is 2.27. The molecule has 3 aromatic rings. The Labute approximate surface area is 131 Å². The third kappa shape index (κ3) is 3.23. The van der Waals surface area contributed by atoms with E-state index in [9.17, 15) is 4.39 Å². The van der Waals surface area contributed by atoms with E-state index in [-0.39, 0.29) is 0 Å². The van der Waals surface area contributed by atoms with Crippen molar-refractivity contribution in [2.45, 2.75) is 6.42 Å². The van der Waals surface area contributed by atoms with Gasteiger partial charge in [-0.25, -0.2) is 4.98 Å². The van der Waals surface area contributed by atoms with Crippen LogP contribution in [0.2, 0.25) is 5.02 Å². The highest BCUT2D eigenvalue weighted by Gasteiger charge is 2.07. The standard InChI is InChI=1S/C16H12ClFN2S/c17-14-4-2-12(19)7-11(14)8-13-3-5-15(21-13)10-1-6-16(18)20-9-10/h1-7,9H,8,19H2. The van der Waals surface area contributed by atoms with E-state index < -0.39 is 5.95 Å². The predicted octanol–water partition coefficient (Wildman–Crippen LogP) is 4.78. The van der Waals surface area contributed by atoms with Crippen molar-refractivity contribution >= 4 is 28.6 Å². The molecule has 1 aromatic carbocycles. The smallest absolute Gasteiger partial charge is 0.212 e. The molecule has 0 aliphatic carbocycles. The van der Waals surface area contributed by atoms with Gasteiger partial charge in [-0.3, -0.25) is 0 Å². The molecule has 0 saturated heterocycles. The maximum absolute atomic E-state index is 12.8. The molecule has 0 saturated carbocycles. The van der Waals surface area contributed by atoms with Gasteiger partial charge in [0.15, 0.2) is 0 Å². The maximum Gasteiger partial charge on any atom is 0.212 e. The molecule has 0 radical (unpaired) electrons. The van der Waals surface area contributed by atoms with E-state index in [1.54, 1.807) is 29.7 Å². The van der Waals surface area contributed by atoms with Gasteiger partial charge in [0.1, 0.15) is 0 Å². The number of rotatable bonds is 3. The molecule has 2 heterocycles. The fraction of sp³-hybridized carbons (Fsp3) is 0.0625. The van der Waals surface area contributed by atoms with Crippen LogP contribution in [0.1, 0.15) is 10.4 Å². The van der Waals surface area contributed by atoms with Crippen molar-refractivity contribution in [1.82, 2.24) is 4.98 Å². The normalized spacial score (nSPS) is 10.8. The minimum absolute atomic E-state index is 0.470. The van der Waals surface area contributed by atoms with Crippen LogP contribution in [-0.4, -0.2) is 4.98 Å². The minimum atomic E-state index is -0.470. The summed E-state index contributed by atoms with van der Waals surface area (Å²) in [5, 5.41) is 0.711. The minimum Gasteiger partial charge on any atom is -0.399 e. The molecule has 0 aliphatic rings. The number of nitrogens with zero attached hydrogens (tertiary/aromatic N) is 1. The second-order valence-corrected chi connectivity index (χ2v) is 6.24. The number of nitrogens with two attached hydrogens (primary N) is 1. The molecule has 0 unspecified atom stereocenters. The van der Waals surface area contributed by atoms with E-state index in [2.05, 4.69) is 4.98 Å². The van der Waals surface area contributed by atoms with Crippen molar-refractivity contribution in [3.05, 3.63) is 70.1 Å². The number of hydrogen-bond acceptors (Lipinski definition) is 3. The number of aromatic nitrogens is 1. The van der Waals surface area contributed by atoms with E-state index in [1.165, 1.54) is 10.9 Å². The molecular weight excluding hydrogens is 307 g/mol. The van der Waals surface area contributed by atoms with Gasteiger partial charge in [-0.15, -0.1) is 11.3 Å². The first kappa shape index (κ1) is 14.0. The summed E-state index contributed by atoms with van der Waals surface area (Å²) >= 11 is 7.82. The average Bonchev–Trinajstić information content (AvgIpc) is 2.92. The number of hydrogen-bond donors (Lipinski definition) is 1. The number of halogens is 2. The van der Waals surface area contributed by atoms with Crippen LogP contribution < -0.4 is 5.73 Å². The lowest BCUT2D eigenvalue weighted by Gasteiger charge is -2.03. The van der Waals surface area contributed by atoms with Crippen LogP contribution in [0.5, 0.6) is 0 Å². The lowest BCUT2D eigenvalue weighted by atomic mass is 10.1. The summed E-state index contributed by atoms with van der Waals surface area (Å²) in [6, 6.07) is 12.6. The number of pyridine rings is 1. The zero-order valence-corrected chi connectivity index (χ0v) is 12.6. The fourth-order valence-electron chi connectivity index (χ4n) is 2.07. The molecular formula is C16H12ClFN2S. The Morgan fingerprint density at radius 1 is 1.14 bits per heavy atom. The monoisotopic (exact) mass is 318 g/mol. The van der Waals surface area contributed by atoms with Gasteiger partial charge in [-0.2, -0.15) is 4.39 Å². The second-order valence-electron chi connectivity index (χ2n) is 4.66. The van der Waals surface area contributed by atoms with Crippen molar-refractivity contribution in [2.24, 2.45) is 0 Å². The highest BCUT2D eigenvalue weighted by Crippen LogP contribution is 2.30. The van der Waals surface area contributed by atoms with Gasteiger partial charge in [-0.05, 0) is 48.0 Å². The lowest BCUT2D eigenvalue weighted by molar-refractivity contribution is 0.584. The summed E-state index contributed by atoms with van der Waals surface area (Å²) in [4.78, 5) is 5.90. The van der Waals surface area contributed by atoms with Gasteiger partial charge >= 0.3 is 0 Å². The third-order valence-corrected chi connectivity index (χ3v) is 4.61. The van der Waals surface area contributed by atoms with Crippen molar-refractivity contribution in [3.8, 4) is 10.4 Å². The number of benzene rings is 1. The maximum atomic E-state index is 12.8. The average molecular weight is 319 g/mol. The lowest BCUT2D eigenvalue weighted by Crippen LogP contribution is -1.90. The number of anilines is 1. The number of thiophene rings is 1. The van der Waals surface area contributed by atoms with Gasteiger partial charge in [0.2, 0.25) is 5.95 Å². The first-order valence-corrected chi connectivity index (χ1v) is 7.56. The van der Waals surface area contributed by atoms with Crippen LogP contribution in [-0.2, 0) is 6.42 Å². The summed E-state index contributed by atoms with van der Waals surface area (Å²) in [5.41, 5.74) is 8.41. The summed E-state index contributed by atoms with van der Waals surface area (Å²) in [7, 11) is 0. The van der Waals surface area contributed by atoms with Crippen LogP contribution in [0, 0.1) is 5.95 Å². The molecule has 106 valence electrons. The largest absolute Gasteiger partial charge is 0.399 e. The zero-order valence-electron chi connectivity index (χ0n) is 11.0. The Balaban J connectivity index is 1.85. The zero-order chi connectivity index (χ0) is 14.8. The van der Waals surface area contributed by atoms with Gasteiger partial charge in [0.25, 0.3) is 0 Å². The molecule has 2 nitrogen and oxygen atoms in total. The van der Waals surface area contributed by atoms with E-state index in [4.69, 9.17) is 17.3 Å². The molecule has 0 spiro atoms. The van der Waals surface area contributed by atoms with Crippen molar-refractivity contribution in [1.29, 1.82) is 0 Å². The Hall–Kier alpha value is -1.91. The Morgan fingerprint density at radius 3 is 2.76 bits per heavy atom. The van der Waals surface area contributed by atoms with Crippen molar-refractivity contribution in [3.63, 3.8) is 0 Å². The van der Waals surface area contributed by atoms with Gasteiger partial charge < -0.3 is 5.73 Å². The Kier molecular flexibility index (Phi) is 3.90. The Bertz CT molecular complexity index is 768. The first-order chi connectivity index (χ1) is 10.1. The SMILES string of the molecule is Nc1ccc(Cl)c(Cc2ccc(-c3ccc(F)nc3)s2)c1. The van der Waals surface area contributed by atoms with E-state index >= 15 is 0 Å². The van der Waals surface area contributed by atoms with E-state index in [1.807, 2.05) is 24.3 Å². The van der Waals surface area contributed by atoms with Crippen molar-refractivity contribution < 1.29 is 4.39 Å². The molecule has 0 aliphatic heterocycles. The molecule has 0 bridgehead atoms. The van der Waals surface area contributed by atoms with E-state index in [0.29, 0.717) is 10.7 Å². The highest BCUT2D eigenvalue weighted by molar-refractivity contribution is 7.15. The summed E-state index contributed by atoms with van der Waals surface area (Å²) in [6.45, 7) is 0. The molecule has 3 rings (SSSR count). The van der Waals surface area contributed by atoms with Crippen LogP contribution in [0.15, 0.2) is 48.7 Å². The van der Waals surface area contributed by atoms with Gasteiger partial charge in [0.05, 0.1) is 0 Å². The molecule has 21 heavy (non-hydrogen) atoms. The molecule has 5 heteroatoms. The summed E-state index contributed by atoms with van der Waals surface area (Å²) in [5.74, 6) is -0.470. The topological polar surface area (TPSA) is 38.9 Å².